The third-order valence-corrected chi connectivity index (χ3v) is 3.89. The molecule has 0 radical (unpaired) electrons. The average Bonchev–Trinajstić information content (AvgIpc) is 2.80. The van der Waals surface area contributed by atoms with Crippen LogP contribution in [0.5, 0.6) is 0 Å². The summed E-state index contributed by atoms with van der Waals surface area (Å²) in [5, 5.41) is 3.58. The molecule has 1 aromatic carbocycles. The lowest BCUT2D eigenvalue weighted by Crippen LogP contribution is -2.41. The predicted octanol–water partition coefficient (Wildman–Crippen LogP) is 2.83. The molecule has 1 N–H and O–H groups in total. The Balaban J connectivity index is 1.97. The number of benzene rings is 1. The Morgan fingerprint density at radius 1 is 1.29 bits per heavy atom. The van der Waals surface area contributed by atoms with Gasteiger partial charge in [0.1, 0.15) is 0 Å². The van der Waals surface area contributed by atoms with Crippen molar-refractivity contribution in [2.75, 3.05) is 6.54 Å². The Kier molecular flexibility index (Phi) is 2.72. The van der Waals surface area contributed by atoms with E-state index in [-0.39, 0.29) is 11.7 Å². The summed E-state index contributed by atoms with van der Waals surface area (Å²) in [5.74, 6) is 0. The fraction of sp³-hybridized carbons (Fsp3) is 0.600. The third kappa shape index (κ3) is 2.12. The predicted molar refractivity (Wildman–Crippen MR) is 69.1 cm³/mol. The lowest BCUT2D eigenvalue weighted by atomic mass is 9.86. The van der Waals surface area contributed by atoms with Gasteiger partial charge >= 0.3 is 0 Å². The smallest absolute Gasteiger partial charge is 0.0987 e. The first-order valence-electron chi connectivity index (χ1n) is 6.65. The van der Waals surface area contributed by atoms with Gasteiger partial charge in [-0.3, -0.25) is 0 Å². The Morgan fingerprint density at radius 2 is 2.12 bits per heavy atom. The molecule has 2 aliphatic rings. The van der Waals surface area contributed by atoms with Crippen LogP contribution in [0.2, 0.25) is 0 Å². The van der Waals surface area contributed by atoms with Crippen molar-refractivity contribution in [2.45, 2.75) is 50.9 Å². The zero-order valence-electron chi connectivity index (χ0n) is 10.7. The molecule has 0 saturated carbocycles. The van der Waals surface area contributed by atoms with Crippen molar-refractivity contribution < 1.29 is 4.74 Å². The van der Waals surface area contributed by atoms with Crippen LogP contribution in [-0.2, 0) is 11.2 Å². The molecule has 1 saturated heterocycles. The van der Waals surface area contributed by atoms with Crippen molar-refractivity contribution in [3.05, 3.63) is 35.4 Å². The molecule has 0 aliphatic carbocycles. The molecule has 1 fully saturated rings. The van der Waals surface area contributed by atoms with Gasteiger partial charge in [0.2, 0.25) is 0 Å². The molecule has 2 heteroatoms. The zero-order valence-corrected chi connectivity index (χ0v) is 10.7. The van der Waals surface area contributed by atoms with Crippen LogP contribution < -0.4 is 5.32 Å². The number of nitrogens with one attached hydrogen (secondary N) is 1. The largest absolute Gasteiger partial charge is 0.366 e. The minimum Gasteiger partial charge on any atom is -0.366 e. The first-order chi connectivity index (χ1) is 8.16. The molecule has 2 atom stereocenters. The molecular weight excluding hydrogens is 210 g/mol. The van der Waals surface area contributed by atoms with Gasteiger partial charge in [-0.05, 0) is 44.4 Å². The summed E-state index contributed by atoms with van der Waals surface area (Å²) in [6, 6.07) is 9.24. The van der Waals surface area contributed by atoms with Crippen LogP contribution in [0.15, 0.2) is 24.3 Å². The second kappa shape index (κ2) is 4.11. The number of hydrogen-bond acceptors (Lipinski definition) is 2. The highest BCUT2D eigenvalue weighted by Crippen LogP contribution is 2.39. The van der Waals surface area contributed by atoms with E-state index in [9.17, 15) is 0 Å². The van der Waals surface area contributed by atoms with Gasteiger partial charge < -0.3 is 10.1 Å². The summed E-state index contributed by atoms with van der Waals surface area (Å²) in [5.41, 5.74) is 2.82. The summed E-state index contributed by atoms with van der Waals surface area (Å²) in [7, 11) is 0. The molecule has 0 unspecified atom stereocenters. The Labute approximate surface area is 103 Å². The van der Waals surface area contributed by atoms with Crippen LogP contribution in [0.3, 0.4) is 0 Å². The van der Waals surface area contributed by atoms with E-state index in [0.717, 1.165) is 13.0 Å². The van der Waals surface area contributed by atoms with Crippen molar-refractivity contribution >= 4 is 0 Å². The summed E-state index contributed by atoms with van der Waals surface area (Å²) in [6.07, 6.45) is 3.76. The van der Waals surface area contributed by atoms with E-state index >= 15 is 0 Å². The van der Waals surface area contributed by atoms with Gasteiger partial charge in [0, 0.05) is 12.5 Å². The van der Waals surface area contributed by atoms with Crippen molar-refractivity contribution in [1.29, 1.82) is 0 Å². The first-order valence-corrected chi connectivity index (χ1v) is 6.65. The van der Waals surface area contributed by atoms with Crippen molar-refractivity contribution in [2.24, 2.45) is 0 Å². The molecule has 0 amide bonds. The third-order valence-electron chi connectivity index (χ3n) is 3.89. The van der Waals surface area contributed by atoms with E-state index in [1.807, 2.05) is 0 Å². The van der Waals surface area contributed by atoms with Crippen molar-refractivity contribution in [1.82, 2.24) is 5.32 Å². The van der Waals surface area contributed by atoms with E-state index in [2.05, 4.69) is 43.4 Å². The Morgan fingerprint density at radius 3 is 2.88 bits per heavy atom. The standard InChI is InChI=1S/C15H21NO/c1-15(2)10-11-6-3-4-7-12(11)14(17-15)13-8-5-9-16-13/h3-4,6-7,13-14,16H,5,8-10H2,1-2H3/t13-,14-/m0/s1. The molecule has 17 heavy (non-hydrogen) atoms. The highest BCUT2D eigenvalue weighted by atomic mass is 16.5. The van der Waals surface area contributed by atoms with Crippen molar-refractivity contribution in [3.63, 3.8) is 0 Å². The zero-order chi connectivity index (χ0) is 11.9. The van der Waals surface area contributed by atoms with E-state index in [1.165, 1.54) is 24.0 Å². The van der Waals surface area contributed by atoms with Gasteiger partial charge in [-0.2, -0.15) is 0 Å². The second-order valence-corrected chi connectivity index (χ2v) is 5.88. The fourth-order valence-electron chi connectivity index (χ4n) is 3.15. The number of rotatable bonds is 1. The van der Waals surface area contributed by atoms with Crippen LogP contribution in [0.1, 0.15) is 43.9 Å². The van der Waals surface area contributed by atoms with E-state index in [0.29, 0.717) is 6.04 Å². The minimum absolute atomic E-state index is 0.0384. The highest BCUT2D eigenvalue weighted by molar-refractivity contribution is 5.33. The molecule has 3 rings (SSSR count). The Hall–Kier alpha value is -0.860. The summed E-state index contributed by atoms with van der Waals surface area (Å²) in [6.45, 7) is 5.53. The fourth-order valence-corrected chi connectivity index (χ4v) is 3.15. The quantitative estimate of drug-likeness (QED) is 0.802. The van der Waals surface area contributed by atoms with Crippen LogP contribution >= 0.6 is 0 Å². The SMILES string of the molecule is CC1(C)Cc2ccccc2[C@@H]([C@@H]2CCCN2)O1. The van der Waals surface area contributed by atoms with Gasteiger partial charge in [-0.25, -0.2) is 0 Å². The van der Waals surface area contributed by atoms with E-state index < -0.39 is 0 Å². The van der Waals surface area contributed by atoms with E-state index in [1.54, 1.807) is 0 Å². The summed E-state index contributed by atoms with van der Waals surface area (Å²) >= 11 is 0. The van der Waals surface area contributed by atoms with Crippen LogP contribution in [-0.4, -0.2) is 18.2 Å². The highest BCUT2D eigenvalue weighted by Gasteiger charge is 2.37. The minimum atomic E-state index is -0.0384. The van der Waals surface area contributed by atoms with E-state index in [4.69, 9.17) is 4.74 Å². The Bertz CT molecular complexity index is 407. The normalized spacial score (nSPS) is 31.2. The molecule has 2 heterocycles. The molecule has 2 nitrogen and oxygen atoms in total. The molecular formula is C15H21NO. The van der Waals surface area contributed by atoms with Crippen LogP contribution in [0, 0.1) is 0 Å². The topological polar surface area (TPSA) is 21.3 Å². The molecule has 0 bridgehead atoms. The van der Waals surface area contributed by atoms with Gasteiger partial charge in [-0.15, -0.1) is 0 Å². The van der Waals surface area contributed by atoms with Crippen molar-refractivity contribution in [3.8, 4) is 0 Å². The monoisotopic (exact) mass is 231 g/mol. The molecule has 0 aromatic heterocycles. The van der Waals surface area contributed by atoms with Gasteiger partial charge in [0.05, 0.1) is 11.7 Å². The molecule has 92 valence electrons. The average molecular weight is 231 g/mol. The summed E-state index contributed by atoms with van der Waals surface area (Å²) in [4.78, 5) is 0. The number of fused-ring (bicyclic) bond motifs is 1. The van der Waals surface area contributed by atoms with Gasteiger partial charge in [-0.1, -0.05) is 24.3 Å². The number of hydrogen-bond donors (Lipinski definition) is 1. The van der Waals surface area contributed by atoms with Gasteiger partial charge in [0.25, 0.3) is 0 Å². The van der Waals surface area contributed by atoms with Crippen LogP contribution in [0.4, 0.5) is 0 Å². The second-order valence-electron chi connectivity index (χ2n) is 5.88. The molecule has 2 aliphatic heterocycles. The summed E-state index contributed by atoms with van der Waals surface area (Å²) < 4.78 is 6.32. The lowest BCUT2D eigenvalue weighted by Gasteiger charge is -2.40. The number of ether oxygens (including phenoxy) is 1. The maximum atomic E-state index is 6.32. The molecule has 0 spiro atoms. The van der Waals surface area contributed by atoms with Gasteiger partial charge in [0.15, 0.2) is 0 Å². The molecule has 1 aromatic rings. The van der Waals surface area contributed by atoms with Crippen LogP contribution in [0.25, 0.3) is 0 Å². The maximum absolute atomic E-state index is 6.32. The first kappa shape index (κ1) is 11.2. The lowest BCUT2D eigenvalue weighted by molar-refractivity contribution is -0.0969. The maximum Gasteiger partial charge on any atom is 0.0987 e.